The molecule has 0 aliphatic carbocycles. The van der Waals surface area contributed by atoms with Crippen LogP contribution in [-0.4, -0.2) is 73.7 Å². The molecule has 2 aromatic carbocycles. The van der Waals surface area contributed by atoms with E-state index in [2.05, 4.69) is 6.58 Å². The Morgan fingerprint density at radius 2 is 1.78 bits per heavy atom. The van der Waals surface area contributed by atoms with Gasteiger partial charge in [0, 0.05) is 48.2 Å². The lowest BCUT2D eigenvalue weighted by molar-refractivity contribution is -0.115. The fraction of sp³-hybridized carbons (Fsp3) is 0.419. The maximum absolute atomic E-state index is 13.9. The maximum atomic E-state index is 13.9. The molecule has 2 unspecified atom stereocenters. The number of rotatable bonds is 9. The van der Waals surface area contributed by atoms with Gasteiger partial charge in [0.05, 0.1) is 26.0 Å². The minimum absolute atomic E-state index is 0.0756. The fourth-order valence-electron chi connectivity index (χ4n) is 6.24. The van der Waals surface area contributed by atoms with Crippen molar-refractivity contribution in [3.8, 4) is 11.5 Å². The van der Waals surface area contributed by atoms with Crippen molar-refractivity contribution in [3.05, 3.63) is 72.4 Å². The van der Waals surface area contributed by atoms with E-state index in [1.807, 2.05) is 79.1 Å². The Morgan fingerprint density at radius 1 is 1.07 bits per heavy atom. The Kier molecular flexibility index (Phi) is 7.74. The van der Waals surface area contributed by atoms with E-state index in [0.717, 1.165) is 34.0 Å². The summed E-state index contributed by atoms with van der Waals surface area (Å²) < 4.78 is 42.2. The third-order valence-electron chi connectivity index (χ3n) is 8.60. The number of piperidine rings is 1. The molecule has 218 valence electrons. The number of hydrazone groups is 1. The predicted octanol–water partition coefficient (Wildman–Crippen LogP) is 4.53. The number of nitrogens with zero attached hydrogens (tertiary/aromatic N) is 4. The van der Waals surface area contributed by atoms with E-state index in [1.54, 1.807) is 18.5 Å². The monoisotopic (exact) mass is 578 g/mol. The molecular weight excluding hydrogens is 540 g/mol. The molecule has 2 atom stereocenters. The molecule has 1 saturated heterocycles. The normalized spacial score (nSPS) is 20.6. The second-order valence-corrected chi connectivity index (χ2v) is 13.3. The van der Waals surface area contributed by atoms with Gasteiger partial charge in [-0.2, -0.15) is 5.10 Å². The molecule has 0 saturated carbocycles. The van der Waals surface area contributed by atoms with Gasteiger partial charge in [0.15, 0.2) is 11.5 Å². The predicted molar refractivity (Wildman–Crippen MR) is 161 cm³/mol. The van der Waals surface area contributed by atoms with Crippen LogP contribution < -0.4 is 9.47 Å². The third kappa shape index (κ3) is 4.82. The molecule has 1 fully saturated rings. The van der Waals surface area contributed by atoms with Crippen molar-refractivity contribution in [2.24, 2.45) is 17.6 Å². The van der Waals surface area contributed by atoms with Gasteiger partial charge in [-0.05, 0) is 48.7 Å². The number of carbonyl (C=O) groups excluding carboxylic acids is 1. The Bertz CT molecular complexity index is 1600. The van der Waals surface area contributed by atoms with Crippen molar-refractivity contribution < 1.29 is 22.7 Å². The van der Waals surface area contributed by atoms with Crippen LogP contribution in [0.3, 0.4) is 0 Å². The van der Waals surface area contributed by atoms with E-state index < -0.39 is 26.7 Å². The average molecular weight is 579 g/mol. The van der Waals surface area contributed by atoms with Crippen LogP contribution in [0.5, 0.6) is 11.5 Å². The van der Waals surface area contributed by atoms with Gasteiger partial charge in [-0.25, -0.2) is 12.7 Å². The van der Waals surface area contributed by atoms with Gasteiger partial charge in [0.1, 0.15) is 17.6 Å². The maximum Gasteiger partial charge on any atom is 0.224 e. The molecule has 2 aliphatic heterocycles. The van der Waals surface area contributed by atoms with Crippen LogP contribution >= 0.6 is 0 Å². The lowest BCUT2D eigenvalue weighted by Gasteiger charge is -2.39. The highest BCUT2D eigenvalue weighted by Crippen LogP contribution is 2.41. The van der Waals surface area contributed by atoms with E-state index in [0.29, 0.717) is 37.4 Å². The standard InChI is InChI=1S/C31H38N4O5S/c1-7-28(24-9-8-10-25-23(24)15-16-33(25)4)41(37,38)34-17-13-22(14-18-34)35-29(20-36)31(2,3)30(32-35)21-11-12-26(39-5)27(19-21)40-6/h7-12,15-16,19-20,22,28-29H,1,13-14,17-18H2,2-6H3. The zero-order valence-electron chi connectivity index (χ0n) is 24.3. The number of ether oxygens (including phenoxy) is 2. The van der Waals surface area contributed by atoms with Crippen molar-refractivity contribution in [1.82, 2.24) is 13.9 Å². The van der Waals surface area contributed by atoms with Gasteiger partial charge in [0.2, 0.25) is 10.0 Å². The summed E-state index contributed by atoms with van der Waals surface area (Å²) in [5.41, 5.74) is 2.78. The molecule has 0 spiro atoms. The van der Waals surface area contributed by atoms with Gasteiger partial charge < -0.3 is 18.8 Å². The fourth-order valence-corrected chi connectivity index (χ4v) is 8.05. The second kappa shape index (κ2) is 11.0. The van der Waals surface area contributed by atoms with Gasteiger partial charge in [-0.1, -0.05) is 32.1 Å². The van der Waals surface area contributed by atoms with E-state index in [1.165, 1.54) is 6.08 Å². The number of fused-ring (bicyclic) bond motifs is 1. The van der Waals surface area contributed by atoms with Crippen LogP contribution in [-0.2, 0) is 21.9 Å². The van der Waals surface area contributed by atoms with E-state index in [-0.39, 0.29) is 6.04 Å². The average Bonchev–Trinajstić information content (AvgIpc) is 3.49. The van der Waals surface area contributed by atoms with Crippen molar-refractivity contribution in [2.75, 3.05) is 27.3 Å². The van der Waals surface area contributed by atoms with Crippen LogP contribution in [0.25, 0.3) is 10.9 Å². The van der Waals surface area contributed by atoms with E-state index in [4.69, 9.17) is 14.6 Å². The molecule has 2 aliphatic rings. The molecule has 1 aromatic heterocycles. The highest BCUT2D eigenvalue weighted by molar-refractivity contribution is 7.89. The van der Waals surface area contributed by atoms with Crippen molar-refractivity contribution in [2.45, 2.75) is 44.0 Å². The molecule has 0 amide bonds. The Hall–Kier alpha value is -3.63. The largest absolute Gasteiger partial charge is 0.493 e. The number of aryl methyl sites for hydroxylation is 1. The molecule has 0 N–H and O–H groups in total. The van der Waals surface area contributed by atoms with Gasteiger partial charge in [-0.3, -0.25) is 5.01 Å². The Morgan fingerprint density at radius 3 is 2.41 bits per heavy atom. The number of carbonyl (C=O) groups is 1. The zero-order valence-corrected chi connectivity index (χ0v) is 25.1. The van der Waals surface area contributed by atoms with Crippen molar-refractivity contribution in [3.63, 3.8) is 0 Å². The summed E-state index contributed by atoms with van der Waals surface area (Å²) in [6.45, 7) is 8.60. The minimum Gasteiger partial charge on any atom is -0.493 e. The quantitative estimate of drug-likeness (QED) is 0.274. The summed E-state index contributed by atoms with van der Waals surface area (Å²) in [5, 5.41) is 6.92. The Labute approximate surface area is 242 Å². The first-order valence-corrected chi connectivity index (χ1v) is 15.3. The first kappa shape index (κ1) is 28.9. The Balaban J connectivity index is 1.38. The SMILES string of the molecule is C=CC(c1cccc2c1ccn2C)S(=O)(=O)N1CCC(N2N=C(c3ccc(OC)c(OC)c3)C(C)(C)C2C=O)CC1. The van der Waals surface area contributed by atoms with Gasteiger partial charge >= 0.3 is 0 Å². The molecule has 3 heterocycles. The van der Waals surface area contributed by atoms with Crippen LogP contribution in [0.15, 0.2) is 66.4 Å². The van der Waals surface area contributed by atoms with E-state index >= 15 is 0 Å². The number of hydrogen-bond donors (Lipinski definition) is 0. The molecule has 41 heavy (non-hydrogen) atoms. The summed E-state index contributed by atoms with van der Waals surface area (Å²) in [6, 6.07) is 12.8. The number of aldehydes is 1. The molecule has 9 nitrogen and oxygen atoms in total. The highest BCUT2D eigenvalue weighted by Gasteiger charge is 2.48. The van der Waals surface area contributed by atoms with Gasteiger partial charge in [0.25, 0.3) is 0 Å². The topological polar surface area (TPSA) is 93.4 Å². The number of benzene rings is 2. The molecule has 3 aromatic rings. The summed E-state index contributed by atoms with van der Waals surface area (Å²) >= 11 is 0. The summed E-state index contributed by atoms with van der Waals surface area (Å²) in [7, 11) is 1.41. The summed E-state index contributed by atoms with van der Waals surface area (Å²) in [6.07, 6.45) is 5.52. The van der Waals surface area contributed by atoms with Crippen molar-refractivity contribution in [1.29, 1.82) is 0 Å². The smallest absolute Gasteiger partial charge is 0.224 e. The lowest BCUT2D eigenvalue weighted by Crippen LogP contribution is -2.50. The molecule has 10 heteroatoms. The molecular formula is C31H38N4O5S. The van der Waals surface area contributed by atoms with Crippen LogP contribution in [0.1, 0.15) is 43.1 Å². The van der Waals surface area contributed by atoms with Gasteiger partial charge in [-0.15, -0.1) is 6.58 Å². The van der Waals surface area contributed by atoms with Crippen LogP contribution in [0, 0.1) is 5.41 Å². The van der Waals surface area contributed by atoms with Crippen LogP contribution in [0.4, 0.5) is 0 Å². The first-order valence-electron chi connectivity index (χ1n) is 13.8. The summed E-state index contributed by atoms with van der Waals surface area (Å²) in [5.74, 6) is 1.21. The summed E-state index contributed by atoms with van der Waals surface area (Å²) in [4.78, 5) is 12.4. The van der Waals surface area contributed by atoms with Crippen LogP contribution in [0.2, 0.25) is 0 Å². The number of sulfonamides is 1. The third-order valence-corrected chi connectivity index (χ3v) is 10.8. The molecule has 0 radical (unpaired) electrons. The number of methoxy groups -OCH3 is 2. The lowest BCUT2D eigenvalue weighted by atomic mass is 9.78. The molecule has 5 rings (SSSR count). The number of hydrogen-bond acceptors (Lipinski definition) is 7. The second-order valence-electron chi connectivity index (χ2n) is 11.2. The first-order chi connectivity index (χ1) is 19.6. The van der Waals surface area contributed by atoms with Crippen molar-refractivity contribution >= 4 is 32.9 Å². The highest BCUT2D eigenvalue weighted by atomic mass is 32.2. The zero-order chi connectivity index (χ0) is 29.5. The minimum atomic E-state index is -3.71. The molecule has 0 bridgehead atoms. The van der Waals surface area contributed by atoms with E-state index in [9.17, 15) is 13.2 Å². The number of aromatic nitrogens is 1.